The van der Waals surface area contributed by atoms with Crippen LogP contribution < -0.4 is 4.90 Å². The first kappa shape index (κ1) is 24.0. The molecule has 6 nitrogen and oxygen atoms in total. The number of carbonyl (C=O) groups excluding carboxylic acids is 2. The number of anilines is 1. The van der Waals surface area contributed by atoms with Crippen LogP contribution in [0.2, 0.25) is 0 Å². The van der Waals surface area contributed by atoms with Crippen molar-refractivity contribution in [2.45, 2.75) is 0 Å². The molecule has 4 aromatic carbocycles. The van der Waals surface area contributed by atoms with E-state index in [9.17, 15) is 19.7 Å². The lowest BCUT2D eigenvalue weighted by Crippen LogP contribution is -2.33. The fourth-order valence-electron chi connectivity index (χ4n) is 6.64. The highest BCUT2D eigenvalue weighted by molar-refractivity contribution is 6.23. The van der Waals surface area contributed by atoms with Crippen molar-refractivity contribution in [3.05, 3.63) is 148 Å². The standard InChI is InChI=1S/C34H24N2O4/c37-33-31-27-19-20-28(30(27)29(23-7-3-1-4-8-23)24-9-5-2-6-10-24)32(31)34(38)35(33)25-15-11-21(12-16-25)22-13-17-26(18-14-22)36(39)40/h1-20,27-28,31-32H/t27-,28-,31-,32+/m0/s1. The van der Waals surface area contributed by atoms with Gasteiger partial charge in [-0.05, 0) is 57.7 Å². The quantitative estimate of drug-likeness (QED) is 0.126. The summed E-state index contributed by atoms with van der Waals surface area (Å²) in [5.41, 5.74) is 6.67. The van der Waals surface area contributed by atoms with Gasteiger partial charge >= 0.3 is 0 Å². The molecular weight excluding hydrogens is 500 g/mol. The third kappa shape index (κ3) is 3.64. The van der Waals surface area contributed by atoms with Crippen molar-refractivity contribution in [2.75, 3.05) is 4.90 Å². The Labute approximate surface area is 231 Å². The monoisotopic (exact) mass is 524 g/mol. The van der Waals surface area contributed by atoms with Crippen LogP contribution in [0.3, 0.4) is 0 Å². The lowest BCUT2D eigenvalue weighted by molar-refractivity contribution is -0.384. The average Bonchev–Trinajstić information content (AvgIpc) is 3.63. The molecule has 3 aliphatic rings. The van der Waals surface area contributed by atoms with Gasteiger partial charge in [0.15, 0.2) is 0 Å². The van der Waals surface area contributed by atoms with E-state index in [-0.39, 0.29) is 29.3 Å². The van der Waals surface area contributed by atoms with E-state index in [0.29, 0.717) is 5.69 Å². The lowest BCUT2D eigenvalue weighted by atomic mass is 9.85. The molecule has 0 N–H and O–H groups in total. The highest BCUT2D eigenvalue weighted by atomic mass is 16.6. The molecule has 4 aromatic rings. The lowest BCUT2D eigenvalue weighted by Gasteiger charge is -2.22. The fraction of sp³-hybridized carbons (Fsp3) is 0.118. The molecule has 1 aliphatic heterocycles. The summed E-state index contributed by atoms with van der Waals surface area (Å²) >= 11 is 0. The summed E-state index contributed by atoms with van der Waals surface area (Å²) in [6, 6.07) is 33.9. The molecule has 0 aromatic heterocycles. The number of nitro benzene ring substituents is 1. The molecule has 1 heterocycles. The van der Waals surface area contributed by atoms with Gasteiger partial charge in [0, 0.05) is 24.0 Å². The zero-order valence-electron chi connectivity index (χ0n) is 21.4. The zero-order valence-corrected chi connectivity index (χ0v) is 21.4. The van der Waals surface area contributed by atoms with E-state index < -0.39 is 16.8 Å². The molecule has 40 heavy (non-hydrogen) atoms. The summed E-state index contributed by atoms with van der Waals surface area (Å²) < 4.78 is 0. The predicted octanol–water partition coefficient (Wildman–Crippen LogP) is 6.69. The fourth-order valence-corrected chi connectivity index (χ4v) is 6.64. The van der Waals surface area contributed by atoms with Crippen molar-refractivity contribution in [1.82, 2.24) is 0 Å². The number of fused-ring (bicyclic) bond motifs is 5. The predicted molar refractivity (Wildman–Crippen MR) is 153 cm³/mol. The van der Waals surface area contributed by atoms with Gasteiger partial charge in [-0.2, -0.15) is 0 Å². The maximum absolute atomic E-state index is 13.9. The molecule has 7 rings (SSSR count). The van der Waals surface area contributed by atoms with Crippen molar-refractivity contribution in [3.8, 4) is 11.1 Å². The van der Waals surface area contributed by atoms with Crippen LogP contribution >= 0.6 is 0 Å². The molecule has 0 unspecified atom stereocenters. The minimum atomic E-state index is -0.431. The Morgan fingerprint density at radius 3 is 1.52 bits per heavy atom. The van der Waals surface area contributed by atoms with Crippen molar-refractivity contribution < 1.29 is 14.5 Å². The van der Waals surface area contributed by atoms with Crippen LogP contribution in [-0.4, -0.2) is 16.7 Å². The molecule has 1 saturated heterocycles. The first-order valence-corrected chi connectivity index (χ1v) is 13.3. The number of hydrogen-bond donors (Lipinski definition) is 0. The topological polar surface area (TPSA) is 80.5 Å². The van der Waals surface area contributed by atoms with Gasteiger partial charge < -0.3 is 0 Å². The SMILES string of the molecule is O=C1[C@@H]2[C@H](C(=O)N1c1ccc(-c3ccc([N+](=O)[O-])cc3)cc1)[C@H]1C=C[C@H]2C1=C(c1ccccc1)c1ccccc1. The Morgan fingerprint density at radius 2 is 1.07 bits per heavy atom. The molecule has 0 radical (unpaired) electrons. The highest BCUT2D eigenvalue weighted by Gasteiger charge is 2.62. The van der Waals surface area contributed by atoms with Crippen molar-refractivity contribution >= 4 is 28.8 Å². The molecule has 2 bridgehead atoms. The van der Waals surface area contributed by atoms with Gasteiger partial charge in [-0.3, -0.25) is 19.7 Å². The minimum absolute atomic E-state index is 0.0273. The maximum Gasteiger partial charge on any atom is 0.269 e. The Kier molecular flexibility index (Phi) is 5.56. The van der Waals surface area contributed by atoms with Crippen LogP contribution in [0.5, 0.6) is 0 Å². The minimum Gasteiger partial charge on any atom is -0.274 e. The van der Waals surface area contributed by atoms with Crippen LogP contribution in [0.1, 0.15) is 11.1 Å². The molecule has 2 fully saturated rings. The number of non-ortho nitro benzene ring substituents is 1. The Bertz CT molecular complexity index is 1630. The normalized spacial score (nSPS) is 22.6. The second-order valence-electron chi connectivity index (χ2n) is 10.4. The number of carbonyl (C=O) groups is 2. The van der Waals surface area contributed by atoms with Crippen LogP contribution in [0.25, 0.3) is 16.7 Å². The number of nitrogens with zero attached hydrogens (tertiary/aromatic N) is 2. The van der Waals surface area contributed by atoms with Gasteiger partial charge in [0.25, 0.3) is 5.69 Å². The number of nitro groups is 1. The number of imide groups is 1. The molecule has 6 heteroatoms. The second-order valence-corrected chi connectivity index (χ2v) is 10.4. The number of hydrogen-bond acceptors (Lipinski definition) is 4. The maximum atomic E-state index is 13.9. The van der Waals surface area contributed by atoms with Gasteiger partial charge in [-0.15, -0.1) is 0 Å². The molecule has 194 valence electrons. The first-order chi connectivity index (χ1) is 19.5. The van der Waals surface area contributed by atoms with Crippen molar-refractivity contribution in [1.29, 1.82) is 0 Å². The molecular formula is C34H24N2O4. The van der Waals surface area contributed by atoms with Gasteiger partial charge in [-0.25, -0.2) is 4.90 Å². The number of allylic oxidation sites excluding steroid dienone is 3. The van der Waals surface area contributed by atoms with Crippen LogP contribution in [0.4, 0.5) is 11.4 Å². The largest absolute Gasteiger partial charge is 0.274 e. The van der Waals surface area contributed by atoms with Crippen molar-refractivity contribution in [3.63, 3.8) is 0 Å². The Balaban J connectivity index is 1.23. The summed E-state index contributed by atoms with van der Waals surface area (Å²) in [4.78, 5) is 39.6. The number of amides is 2. The number of rotatable bonds is 5. The summed E-state index contributed by atoms with van der Waals surface area (Å²) in [6.45, 7) is 0. The second kappa shape index (κ2) is 9.27. The third-order valence-electron chi connectivity index (χ3n) is 8.37. The van der Waals surface area contributed by atoms with E-state index >= 15 is 0 Å². The van der Waals surface area contributed by atoms with E-state index in [1.807, 2.05) is 48.5 Å². The molecule has 2 amide bonds. The van der Waals surface area contributed by atoms with Crippen molar-refractivity contribution in [2.24, 2.45) is 23.7 Å². The zero-order chi connectivity index (χ0) is 27.4. The molecule has 4 atom stereocenters. The summed E-state index contributed by atoms with van der Waals surface area (Å²) in [5.74, 6) is -1.43. The van der Waals surface area contributed by atoms with E-state index in [4.69, 9.17) is 0 Å². The van der Waals surface area contributed by atoms with Crippen LogP contribution in [-0.2, 0) is 9.59 Å². The first-order valence-electron chi connectivity index (χ1n) is 13.3. The van der Waals surface area contributed by atoms with Gasteiger partial charge in [0.2, 0.25) is 11.8 Å². The summed E-state index contributed by atoms with van der Waals surface area (Å²) in [6.07, 6.45) is 4.22. The van der Waals surface area contributed by atoms with E-state index in [0.717, 1.165) is 33.4 Å². The summed E-state index contributed by atoms with van der Waals surface area (Å²) in [5, 5.41) is 11.0. The molecule has 2 aliphatic carbocycles. The molecule has 1 saturated carbocycles. The van der Waals surface area contributed by atoms with Crippen LogP contribution in [0.15, 0.2) is 127 Å². The smallest absolute Gasteiger partial charge is 0.269 e. The van der Waals surface area contributed by atoms with E-state index in [1.165, 1.54) is 17.0 Å². The highest BCUT2D eigenvalue weighted by Crippen LogP contribution is 2.58. The molecule has 0 spiro atoms. The van der Waals surface area contributed by atoms with Crippen LogP contribution in [0, 0.1) is 33.8 Å². The van der Waals surface area contributed by atoms with Gasteiger partial charge in [0.05, 0.1) is 22.4 Å². The summed E-state index contributed by atoms with van der Waals surface area (Å²) in [7, 11) is 0. The van der Waals surface area contributed by atoms with Gasteiger partial charge in [-0.1, -0.05) is 84.9 Å². The van der Waals surface area contributed by atoms with E-state index in [2.05, 4.69) is 36.4 Å². The Morgan fingerprint density at radius 1 is 0.625 bits per heavy atom. The third-order valence-corrected chi connectivity index (χ3v) is 8.37. The van der Waals surface area contributed by atoms with E-state index in [1.54, 1.807) is 24.3 Å². The number of benzene rings is 4. The van der Waals surface area contributed by atoms with Gasteiger partial charge in [0.1, 0.15) is 0 Å². The Hall–Kier alpha value is -5.10. The average molecular weight is 525 g/mol.